The Morgan fingerprint density at radius 3 is 2.79 bits per heavy atom. The lowest BCUT2D eigenvalue weighted by Crippen LogP contribution is -2.25. The fourth-order valence-electron chi connectivity index (χ4n) is 2.24. The third-order valence-corrected chi connectivity index (χ3v) is 4.00. The minimum atomic E-state index is -0.138. The topological polar surface area (TPSA) is 81.7 Å². The van der Waals surface area contributed by atoms with E-state index in [1.807, 2.05) is 20.1 Å². The summed E-state index contributed by atoms with van der Waals surface area (Å²) in [4.78, 5) is 13.0. The summed E-state index contributed by atoms with van der Waals surface area (Å²) in [7, 11) is 0. The molecule has 2 N–H and O–H groups in total. The zero-order valence-electron chi connectivity index (χ0n) is 11.2. The maximum atomic E-state index is 12.4. The van der Waals surface area contributed by atoms with E-state index in [0.717, 1.165) is 0 Å². The van der Waals surface area contributed by atoms with Gasteiger partial charge in [-0.05, 0) is 6.26 Å². The lowest BCUT2D eigenvalue weighted by Gasteiger charge is -2.16. The number of thioether (sulfide) groups is 1. The highest BCUT2D eigenvalue weighted by molar-refractivity contribution is 7.98. The molecule has 19 heavy (non-hydrogen) atoms. The molecular weight excluding hydrogens is 260 g/mol. The van der Waals surface area contributed by atoms with Gasteiger partial charge in [-0.1, -0.05) is 13.8 Å². The van der Waals surface area contributed by atoms with Crippen LogP contribution in [-0.2, 0) is 6.54 Å². The lowest BCUT2D eigenvalue weighted by atomic mass is 10.00. The van der Waals surface area contributed by atoms with E-state index in [4.69, 9.17) is 5.41 Å². The number of carbonyl (C=O) groups excluding carboxylic acids is 1. The number of nitriles is 1. The molecule has 0 amide bonds. The molecule has 6 heteroatoms. The van der Waals surface area contributed by atoms with Gasteiger partial charge < -0.3 is 9.88 Å². The van der Waals surface area contributed by atoms with Crippen molar-refractivity contribution in [1.29, 1.82) is 10.7 Å². The van der Waals surface area contributed by atoms with Crippen LogP contribution in [0.3, 0.4) is 0 Å². The van der Waals surface area contributed by atoms with Gasteiger partial charge in [-0.2, -0.15) is 5.26 Å². The van der Waals surface area contributed by atoms with Gasteiger partial charge in [0.15, 0.2) is 5.78 Å². The zero-order chi connectivity index (χ0) is 14.2. The summed E-state index contributed by atoms with van der Waals surface area (Å²) >= 11 is 1.36. The summed E-state index contributed by atoms with van der Waals surface area (Å²) in [5, 5.41) is 20.5. The van der Waals surface area contributed by atoms with Crippen LogP contribution in [0.5, 0.6) is 0 Å². The van der Waals surface area contributed by atoms with Crippen molar-refractivity contribution < 1.29 is 4.79 Å². The van der Waals surface area contributed by atoms with Crippen molar-refractivity contribution in [3.8, 4) is 6.07 Å². The molecule has 0 spiro atoms. The van der Waals surface area contributed by atoms with E-state index >= 15 is 0 Å². The van der Waals surface area contributed by atoms with Crippen LogP contribution in [0.4, 0.5) is 5.82 Å². The Labute approximate surface area is 116 Å². The summed E-state index contributed by atoms with van der Waals surface area (Å²) in [5.74, 6) is 0.562. The van der Waals surface area contributed by atoms with Gasteiger partial charge in [0.05, 0.1) is 5.56 Å². The van der Waals surface area contributed by atoms with Crippen molar-refractivity contribution in [2.75, 3.05) is 18.1 Å². The van der Waals surface area contributed by atoms with Crippen molar-refractivity contribution >= 4 is 23.4 Å². The van der Waals surface area contributed by atoms with E-state index in [1.54, 1.807) is 4.57 Å². The SMILES string of the molecule is CSc1c(C(=O)C(C)C)c2n(c(=N)c1C#N)CCN2. The predicted octanol–water partition coefficient (Wildman–Crippen LogP) is 1.83. The van der Waals surface area contributed by atoms with Crippen LogP contribution in [0.25, 0.3) is 0 Å². The average molecular weight is 276 g/mol. The molecule has 5 nitrogen and oxygen atoms in total. The zero-order valence-corrected chi connectivity index (χ0v) is 12.0. The lowest BCUT2D eigenvalue weighted by molar-refractivity contribution is 0.0936. The number of carbonyl (C=O) groups is 1. The molecule has 0 fully saturated rings. The number of pyridine rings is 1. The Kier molecular flexibility index (Phi) is 3.67. The van der Waals surface area contributed by atoms with E-state index in [1.165, 1.54) is 11.8 Å². The predicted molar refractivity (Wildman–Crippen MR) is 74.4 cm³/mol. The average Bonchev–Trinajstić information content (AvgIpc) is 2.86. The summed E-state index contributed by atoms with van der Waals surface area (Å²) < 4.78 is 1.72. The molecule has 0 saturated carbocycles. The van der Waals surface area contributed by atoms with Crippen molar-refractivity contribution in [3.05, 3.63) is 16.6 Å². The molecule has 1 aromatic rings. The standard InChI is InChI=1S/C13H16N4OS/c1-7(2)10(18)9-11(19-3)8(6-14)12(15)17-5-4-16-13(9)17/h7,15-16H,4-5H2,1-3H3. The molecule has 0 atom stereocenters. The molecule has 1 aliphatic rings. The summed E-state index contributed by atoms with van der Waals surface area (Å²) in [5.41, 5.74) is 1.05. The number of Topliss-reactive ketones (excluding diaryl/α,β-unsaturated/α-hetero) is 1. The van der Waals surface area contributed by atoms with E-state index < -0.39 is 0 Å². The Hall–Kier alpha value is -1.74. The first-order chi connectivity index (χ1) is 9.02. The first-order valence-electron chi connectivity index (χ1n) is 6.10. The molecule has 0 aromatic carbocycles. The molecule has 0 aliphatic carbocycles. The quantitative estimate of drug-likeness (QED) is 0.652. The molecule has 1 aliphatic heterocycles. The Bertz CT molecular complexity index is 640. The number of nitrogens with zero attached hydrogens (tertiary/aromatic N) is 2. The van der Waals surface area contributed by atoms with Crippen LogP contribution < -0.4 is 10.8 Å². The highest BCUT2D eigenvalue weighted by Crippen LogP contribution is 2.32. The minimum absolute atomic E-state index is 0.0130. The van der Waals surface area contributed by atoms with Crippen molar-refractivity contribution in [2.24, 2.45) is 5.92 Å². The summed E-state index contributed by atoms with van der Waals surface area (Å²) in [6.45, 7) is 5.00. The normalized spacial score (nSPS) is 13.0. The molecule has 100 valence electrons. The summed E-state index contributed by atoms with van der Waals surface area (Å²) in [6.07, 6.45) is 1.83. The number of hydrogen-bond donors (Lipinski definition) is 2. The van der Waals surface area contributed by atoms with Crippen LogP contribution >= 0.6 is 11.8 Å². The monoisotopic (exact) mass is 276 g/mol. The second kappa shape index (κ2) is 5.10. The maximum absolute atomic E-state index is 12.4. The maximum Gasteiger partial charge on any atom is 0.170 e. The first kappa shape index (κ1) is 13.7. The van der Waals surface area contributed by atoms with E-state index in [2.05, 4.69) is 11.4 Å². The van der Waals surface area contributed by atoms with Crippen LogP contribution in [0.2, 0.25) is 0 Å². The Balaban J connectivity index is 2.86. The molecule has 0 saturated heterocycles. The number of nitrogens with one attached hydrogen (secondary N) is 2. The minimum Gasteiger partial charge on any atom is -0.369 e. The van der Waals surface area contributed by atoms with Gasteiger partial charge in [-0.3, -0.25) is 10.2 Å². The molecule has 2 rings (SSSR count). The van der Waals surface area contributed by atoms with Crippen molar-refractivity contribution in [1.82, 2.24) is 4.57 Å². The van der Waals surface area contributed by atoms with Gasteiger partial charge in [0.1, 0.15) is 22.9 Å². The largest absolute Gasteiger partial charge is 0.369 e. The number of fused-ring (bicyclic) bond motifs is 1. The van der Waals surface area contributed by atoms with Crippen LogP contribution in [0.1, 0.15) is 29.8 Å². The fourth-order valence-corrected chi connectivity index (χ4v) is 2.99. The molecule has 0 bridgehead atoms. The third-order valence-electron chi connectivity index (χ3n) is 3.18. The smallest absolute Gasteiger partial charge is 0.170 e. The van der Waals surface area contributed by atoms with Gasteiger partial charge in [0.2, 0.25) is 0 Å². The van der Waals surface area contributed by atoms with Gasteiger partial charge in [0, 0.05) is 23.9 Å². The van der Waals surface area contributed by atoms with E-state index in [-0.39, 0.29) is 17.2 Å². The number of aromatic nitrogens is 1. The second-order valence-electron chi connectivity index (χ2n) is 4.69. The Morgan fingerprint density at radius 2 is 2.26 bits per heavy atom. The highest BCUT2D eigenvalue weighted by atomic mass is 32.2. The van der Waals surface area contributed by atoms with Gasteiger partial charge in [0.25, 0.3) is 0 Å². The molecule has 1 aromatic heterocycles. The number of anilines is 1. The van der Waals surface area contributed by atoms with Crippen LogP contribution in [-0.4, -0.2) is 23.2 Å². The molecule has 0 unspecified atom stereocenters. The third kappa shape index (κ3) is 2.04. The Morgan fingerprint density at radius 1 is 1.58 bits per heavy atom. The van der Waals surface area contributed by atoms with Crippen molar-refractivity contribution in [3.63, 3.8) is 0 Å². The van der Waals surface area contributed by atoms with Gasteiger partial charge >= 0.3 is 0 Å². The fraction of sp³-hybridized carbons (Fsp3) is 0.462. The highest BCUT2D eigenvalue weighted by Gasteiger charge is 2.27. The number of rotatable bonds is 3. The number of hydrogen-bond acceptors (Lipinski definition) is 5. The van der Waals surface area contributed by atoms with Gasteiger partial charge in [-0.15, -0.1) is 11.8 Å². The van der Waals surface area contributed by atoms with Crippen LogP contribution in [0.15, 0.2) is 4.90 Å². The summed E-state index contributed by atoms with van der Waals surface area (Å²) in [6, 6.07) is 2.07. The van der Waals surface area contributed by atoms with Crippen LogP contribution in [0, 0.1) is 22.7 Å². The molecular formula is C13H16N4OS. The van der Waals surface area contributed by atoms with Crippen molar-refractivity contribution in [2.45, 2.75) is 25.3 Å². The second-order valence-corrected chi connectivity index (χ2v) is 5.51. The number of ketones is 1. The first-order valence-corrected chi connectivity index (χ1v) is 7.33. The van der Waals surface area contributed by atoms with E-state index in [0.29, 0.717) is 34.9 Å². The van der Waals surface area contributed by atoms with E-state index in [9.17, 15) is 10.1 Å². The molecule has 0 radical (unpaired) electrons. The van der Waals surface area contributed by atoms with Gasteiger partial charge in [-0.25, -0.2) is 0 Å². The molecule has 2 heterocycles.